The Kier molecular flexibility index (Phi) is 3.81. The first-order chi connectivity index (χ1) is 8.09. The summed E-state index contributed by atoms with van der Waals surface area (Å²) in [5.41, 5.74) is 0.806. The van der Waals surface area contributed by atoms with Crippen LogP contribution in [0.4, 0.5) is 0 Å². The first kappa shape index (κ1) is 12.5. The highest BCUT2D eigenvalue weighted by atomic mass is 16.5. The molecule has 0 aliphatic carbocycles. The molecule has 2 rings (SSSR count). The molecule has 1 saturated heterocycles. The molecule has 5 nitrogen and oxygen atoms in total. The van der Waals surface area contributed by atoms with Crippen molar-refractivity contribution in [1.82, 2.24) is 14.7 Å². The first-order valence-corrected chi connectivity index (χ1v) is 6.11. The van der Waals surface area contributed by atoms with Crippen LogP contribution in [0.2, 0.25) is 0 Å². The molecule has 1 N–H and O–H groups in total. The number of ether oxygens (including phenoxy) is 1. The number of aromatic nitrogens is 2. The molecule has 0 amide bonds. The lowest BCUT2D eigenvalue weighted by Gasteiger charge is -2.37. The molecule has 1 aromatic rings. The molecule has 0 spiro atoms. The monoisotopic (exact) mass is 239 g/mol. The summed E-state index contributed by atoms with van der Waals surface area (Å²) in [7, 11) is 1.83. The van der Waals surface area contributed by atoms with E-state index in [9.17, 15) is 5.11 Å². The maximum Gasteiger partial charge on any atom is 0.123 e. The molecular weight excluding hydrogens is 218 g/mol. The molecule has 96 valence electrons. The van der Waals surface area contributed by atoms with Gasteiger partial charge in [0.2, 0.25) is 0 Å². The van der Waals surface area contributed by atoms with Crippen LogP contribution in [0.1, 0.15) is 25.6 Å². The van der Waals surface area contributed by atoms with Gasteiger partial charge in [-0.3, -0.25) is 9.58 Å². The molecule has 5 heteroatoms. The standard InChI is InChI=1S/C12H21N3O2/c1-9(2)15-6-7-17-11(8-15)12(16)10-4-5-13-14(10)3/h4-5,9,11-12,16H,6-8H2,1-3H3. The largest absolute Gasteiger partial charge is 0.384 e. The lowest BCUT2D eigenvalue weighted by Crippen LogP contribution is -2.48. The second-order valence-electron chi connectivity index (χ2n) is 4.82. The fourth-order valence-electron chi connectivity index (χ4n) is 2.22. The fraction of sp³-hybridized carbons (Fsp3) is 0.750. The quantitative estimate of drug-likeness (QED) is 0.837. The predicted octanol–water partition coefficient (Wildman–Crippen LogP) is 0.563. The molecule has 1 aliphatic rings. The Hall–Kier alpha value is -0.910. The van der Waals surface area contributed by atoms with Crippen molar-refractivity contribution in [3.63, 3.8) is 0 Å². The summed E-state index contributed by atoms with van der Waals surface area (Å²) in [6.07, 6.45) is 0.923. The molecule has 0 saturated carbocycles. The minimum Gasteiger partial charge on any atom is -0.384 e. The second-order valence-corrected chi connectivity index (χ2v) is 4.82. The Bertz CT molecular complexity index is 364. The van der Waals surface area contributed by atoms with E-state index in [1.54, 1.807) is 10.9 Å². The number of hydrogen-bond acceptors (Lipinski definition) is 4. The average Bonchev–Trinajstić information content (AvgIpc) is 2.74. The van der Waals surface area contributed by atoms with Gasteiger partial charge >= 0.3 is 0 Å². The van der Waals surface area contributed by atoms with Crippen molar-refractivity contribution >= 4 is 0 Å². The van der Waals surface area contributed by atoms with E-state index in [0.29, 0.717) is 12.6 Å². The summed E-state index contributed by atoms with van der Waals surface area (Å²) in [4.78, 5) is 2.33. The molecule has 0 radical (unpaired) electrons. The number of rotatable bonds is 3. The van der Waals surface area contributed by atoms with Gasteiger partial charge in [-0.2, -0.15) is 5.10 Å². The average molecular weight is 239 g/mol. The zero-order valence-corrected chi connectivity index (χ0v) is 10.7. The summed E-state index contributed by atoms with van der Waals surface area (Å²) < 4.78 is 7.36. The van der Waals surface area contributed by atoms with Gasteiger partial charge in [0.15, 0.2) is 0 Å². The number of aliphatic hydroxyl groups excluding tert-OH is 1. The Morgan fingerprint density at radius 2 is 2.29 bits per heavy atom. The van der Waals surface area contributed by atoms with Crippen LogP contribution >= 0.6 is 0 Å². The summed E-state index contributed by atoms with van der Waals surface area (Å²) in [6.45, 7) is 6.71. The summed E-state index contributed by atoms with van der Waals surface area (Å²) in [5.74, 6) is 0. The number of aliphatic hydroxyl groups is 1. The molecule has 1 aliphatic heterocycles. The van der Waals surface area contributed by atoms with E-state index in [-0.39, 0.29) is 6.10 Å². The molecule has 1 aromatic heterocycles. The number of morpholine rings is 1. The van der Waals surface area contributed by atoms with Gasteiger partial charge in [0.05, 0.1) is 12.3 Å². The Morgan fingerprint density at radius 1 is 1.53 bits per heavy atom. The van der Waals surface area contributed by atoms with E-state index in [2.05, 4.69) is 23.8 Å². The van der Waals surface area contributed by atoms with Crippen LogP contribution in [0.15, 0.2) is 12.3 Å². The van der Waals surface area contributed by atoms with Gasteiger partial charge in [-0.05, 0) is 19.9 Å². The minimum absolute atomic E-state index is 0.165. The summed E-state index contributed by atoms with van der Waals surface area (Å²) in [5, 5.41) is 14.4. The number of nitrogens with zero attached hydrogens (tertiary/aromatic N) is 3. The zero-order chi connectivity index (χ0) is 12.4. The molecule has 0 aromatic carbocycles. The van der Waals surface area contributed by atoms with Crippen molar-refractivity contribution in [3.05, 3.63) is 18.0 Å². The van der Waals surface area contributed by atoms with E-state index in [0.717, 1.165) is 18.8 Å². The maximum absolute atomic E-state index is 10.3. The smallest absolute Gasteiger partial charge is 0.123 e. The summed E-state index contributed by atoms with van der Waals surface area (Å²) in [6, 6.07) is 2.32. The van der Waals surface area contributed by atoms with Crippen LogP contribution in [0.3, 0.4) is 0 Å². The van der Waals surface area contributed by atoms with Crippen molar-refractivity contribution in [2.24, 2.45) is 7.05 Å². The van der Waals surface area contributed by atoms with Crippen LogP contribution in [0, 0.1) is 0 Å². The highest BCUT2D eigenvalue weighted by molar-refractivity contribution is 5.06. The highest BCUT2D eigenvalue weighted by Crippen LogP contribution is 2.22. The Labute approximate surface area is 102 Å². The van der Waals surface area contributed by atoms with Gasteiger partial charge < -0.3 is 9.84 Å². The fourth-order valence-corrected chi connectivity index (χ4v) is 2.22. The number of hydrogen-bond donors (Lipinski definition) is 1. The maximum atomic E-state index is 10.3. The van der Waals surface area contributed by atoms with Crippen molar-refractivity contribution in [3.8, 4) is 0 Å². The van der Waals surface area contributed by atoms with Gasteiger partial charge in [-0.1, -0.05) is 0 Å². The molecular formula is C12H21N3O2. The first-order valence-electron chi connectivity index (χ1n) is 6.11. The second kappa shape index (κ2) is 5.16. The van der Waals surface area contributed by atoms with Crippen molar-refractivity contribution < 1.29 is 9.84 Å². The van der Waals surface area contributed by atoms with Crippen LogP contribution in [-0.4, -0.2) is 51.6 Å². The Morgan fingerprint density at radius 3 is 2.88 bits per heavy atom. The minimum atomic E-state index is -0.607. The highest BCUT2D eigenvalue weighted by Gasteiger charge is 2.30. The van der Waals surface area contributed by atoms with Gasteiger partial charge in [0, 0.05) is 32.4 Å². The lowest BCUT2D eigenvalue weighted by molar-refractivity contribution is -0.0981. The van der Waals surface area contributed by atoms with Gasteiger partial charge in [0.25, 0.3) is 0 Å². The van der Waals surface area contributed by atoms with Crippen LogP contribution in [-0.2, 0) is 11.8 Å². The molecule has 1 fully saturated rings. The predicted molar refractivity (Wildman–Crippen MR) is 64.6 cm³/mol. The van der Waals surface area contributed by atoms with Gasteiger partial charge in [0.1, 0.15) is 12.2 Å². The van der Waals surface area contributed by atoms with E-state index in [1.165, 1.54) is 0 Å². The molecule has 2 unspecified atom stereocenters. The molecule has 2 atom stereocenters. The van der Waals surface area contributed by atoms with E-state index < -0.39 is 6.10 Å². The third-order valence-electron chi connectivity index (χ3n) is 3.37. The molecule has 0 bridgehead atoms. The van der Waals surface area contributed by atoms with Crippen LogP contribution in [0.25, 0.3) is 0 Å². The van der Waals surface area contributed by atoms with Gasteiger partial charge in [-0.15, -0.1) is 0 Å². The lowest BCUT2D eigenvalue weighted by atomic mass is 10.1. The third-order valence-corrected chi connectivity index (χ3v) is 3.37. The third kappa shape index (κ3) is 2.68. The summed E-state index contributed by atoms with van der Waals surface area (Å²) >= 11 is 0. The topological polar surface area (TPSA) is 50.5 Å². The SMILES string of the molecule is CC(C)N1CCOC(C(O)c2ccnn2C)C1. The molecule has 17 heavy (non-hydrogen) atoms. The van der Waals surface area contributed by atoms with Gasteiger partial charge in [-0.25, -0.2) is 0 Å². The van der Waals surface area contributed by atoms with Crippen LogP contribution < -0.4 is 0 Å². The normalized spacial score (nSPS) is 24.2. The Balaban J connectivity index is 2.05. The molecule has 2 heterocycles. The van der Waals surface area contributed by atoms with Crippen molar-refractivity contribution in [1.29, 1.82) is 0 Å². The number of aryl methyl sites for hydroxylation is 1. The zero-order valence-electron chi connectivity index (χ0n) is 10.7. The van der Waals surface area contributed by atoms with E-state index in [4.69, 9.17) is 4.74 Å². The van der Waals surface area contributed by atoms with Crippen LogP contribution in [0.5, 0.6) is 0 Å². The van der Waals surface area contributed by atoms with E-state index >= 15 is 0 Å². The van der Waals surface area contributed by atoms with Crippen molar-refractivity contribution in [2.45, 2.75) is 32.1 Å². The van der Waals surface area contributed by atoms with E-state index in [1.807, 2.05) is 13.1 Å². The van der Waals surface area contributed by atoms with Crippen molar-refractivity contribution in [2.75, 3.05) is 19.7 Å².